The van der Waals surface area contributed by atoms with E-state index in [0.29, 0.717) is 31.4 Å². The molecule has 0 bridgehead atoms. The summed E-state index contributed by atoms with van der Waals surface area (Å²) in [4.78, 5) is 0.251. The summed E-state index contributed by atoms with van der Waals surface area (Å²) in [6.45, 7) is 1.49. The number of hydrogen-bond donors (Lipinski definition) is 0. The largest absolute Gasteiger partial charge is 0.492 e. The van der Waals surface area contributed by atoms with Crippen molar-refractivity contribution in [1.29, 1.82) is 0 Å². The quantitative estimate of drug-likeness (QED) is 0.717. The summed E-state index contributed by atoms with van der Waals surface area (Å²) in [5, 5.41) is 0. The maximum absolute atomic E-state index is 12.5. The number of benzene rings is 1. The second-order valence-corrected chi connectivity index (χ2v) is 7.35. The Kier molecular flexibility index (Phi) is 5.87. The molecule has 2 rings (SSSR count). The van der Waals surface area contributed by atoms with E-state index >= 15 is 0 Å². The predicted molar refractivity (Wildman–Crippen MR) is 81.4 cm³/mol. The van der Waals surface area contributed by atoms with Gasteiger partial charge in [-0.3, -0.25) is 0 Å². The van der Waals surface area contributed by atoms with Crippen molar-refractivity contribution in [3.8, 4) is 5.75 Å². The van der Waals surface area contributed by atoms with Crippen LogP contribution in [0.15, 0.2) is 29.2 Å². The first-order valence-electron chi connectivity index (χ1n) is 6.91. The Bertz CT molecular complexity index is 541. The van der Waals surface area contributed by atoms with Crippen molar-refractivity contribution in [3.05, 3.63) is 24.3 Å². The highest BCUT2D eigenvalue weighted by Crippen LogP contribution is 2.21. The summed E-state index contributed by atoms with van der Waals surface area (Å²) in [7, 11) is -1.91. The SMILES string of the molecule is CN(CC1CCCO1)S(=O)(=O)c1ccc(OCCCl)cc1. The summed E-state index contributed by atoms with van der Waals surface area (Å²) < 4.78 is 37.1. The smallest absolute Gasteiger partial charge is 0.242 e. The Morgan fingerprint density at radius 1 is 1.38 bits per heavy atom. The number of nitrogens with zero attached hydrogens (tertiary/aromatic N) is 1. The zero-order valence-electron chi connectivity index (χ0n) is 12.0. The lowest BCUT2D eigenvalue weighted by atomic mass is 10.2. The van der Waals surface area contributed by atoms with Gasteiger partial charge in [0.15, 0.2) is 0 Å². The fourth-order valence-electron chi connectivity index (χ4n) is 2.22. The Labute approximate surface area is 130 Å². The van der Waals surface area contributed by atoms with Gasteiger partial charge in [0, 0.05) is 20.2 Å². The van der Waals surface area contributed by atoms with Gasteiger partial charge in [0.1, 0.15) is 12.4 Å². The van der Waals surface area contributed by atoms with Crippen LogP contribution in [0.2, 0.25) is 0 Å². The van der Waals surface area contributed by atoms with Crippen molar-refractivity contribution in [2.75, 3.05) is 32.7 Å². The van der Waals surface area contributed by atoms with Gasteiger partial charge in [-0.15, -0.1) is 11.6 Å². The molecule has 1 unspecified atom stereocenters. The normalized spacial score (nSPS) is 19.1. The minimum atomic E-state index is -3.49. The monoisotopic (exact) mass is 333 g/mol. The van der Waals surface area contributed by atoms with Crippen molar-refractivity contribution in [2.24, 2.45) is 0 Å². The molecular formula is C14H20ClNO4S. The fourth-order valence-corrected chi connectivity index (χ4v) is 3.50. The van der Waals surface area contributed by atoms with E-state index in [9.17, 15) is 8.42 Å². The summed E-state index contributed by atoms with van der Waals surface area (Å²) in [6.07, 6.45) is 1.90. The van der Waals surface area contributed by atoms with E-state index in [0.717, 1.165) is 12.8 Å². The molecule has 1 heterocycles. The summed E-state index contributed by atoms with van der Waals surface area (Å²) in [5.74, 6) is 1.00. The van der Waals surface area contributed by atoms with E-state index in [1.54, 1.807) is 31.3 Å². The Morgan fingerprint density at radius 3 is 2.67 bits per heavy atom. The lowest BCUT2D eigenvalue weighted by molar-refractivity contribution is 0.0979. The minimum absolute atomic E-state index is 0.00361. The van der Waals surface area contributed by atoms with E-state index in [1.165, 1.54) is 4.31 Å². The molecule has 0 aromatic heterocycles. The molecule has 1 aliphatic heterocycles. The highest BCUT2D eigenvalue weighted by molar-refractivity contribution is 7.89. The first-order valence-corrected chi connectivity index (χ1v) is 8.88. The molecule has 1 aliphatic rings. The van der Waals surface area contributed by atoms with Crippen molar-refractivity contribution >= 4 is 21.6 Å². The number of sulfonamides is 1. The lowest BCUT2D eigenvalue weighted by Crippen LogP contribution is -2.34. The minimum Gasteiger partial charge on any atom is -0.492 e. The van der Waals surface area contributed by atoms with Crippen LogP contribution in [0.25, 0.3) is 0 Å². The van der Waals surface area contributed by atoms with Crippen LogP contribution in [0, 0.1) is 0 Å². The molecule has 1 aromatic carbocycles. The van der Waals surface area contributed by atoms with Crippen LogP contribution in [-0.2, 0) is 14.8 Å². The summed E-state index contributed by atoms with van der Waals surface area (Å²) in [6, 6.07) is 6.37. The van der Waals surface area contributed by atoms with Crippen molar-refractivity contribution in [3.63, 3.8) is 0 Å². The van der Waals surface area contributed by atoms with E-state index < -0.39 is 10.0 Å². The van der Waals surface area contributed by atoms with E-state index in [4.69, 9.17) is 21.1 Å². The molecule has 1 saturated heterocycles. The summed E-state index contributed by atoms with van der Waals surface area (Å²) in [5.41, 5.74) is 0. The number of likely N-dealkylation sites (N-methyl/N-ethyl adjacent to an activating group) is 1. The molecule has 0 aliphatic carbocycles. The lowest BCUT2D eigenvalue weighted by Gasteiger charge is -2.20. The molecule has 0 saturated carbocycles. The van der Waals surface area contributed by atoms with Crippen LogP contribution in [0.4, 0.5) is 0 Å². The molecule has 0 radical (unpaired) electrons. The van der Waals surface area contributed by atoms with Gasteiger partial charge in [0.25, 0.3) is 0 Å². The van der Waals surface area contributed by atoms with Gasteiger partial charge >= 0.3 is 0 Å². The van der Waals surface area contributed by atoms with Crippen LogP contribution in [0.5, 0.6) is 5.75 Å². The van der Waals surface area contributed by atoms with Crippen molar-refractivity contribution in [2.45, 2.75) is 23.8 Å². The van der Waals surface area contributed by atoms with E-state index in [-0.39, 0.29) is 11.0 Å². The number of ether oxygens (including phenoxy) is 2. The first-order chi connectivity index (χ1) is 10.0. The molecule has 0 spiro atoms. The van der Waals surface area contributed by atoms with Gasteiger partial charge in [-0.05, 0) is 37.1 Å². The Morgan fingerprint density at radius 2 is 2.10 bits per heavy atom. The van der Waals surface area contributed by atoms with E-state index in [1.807, 2.05) is 0 Å². The standard InChI is InChI=1S/C14H20ClNO4S/c1-16(11-13-3-2-9-19-13)21(17,18)14-6-4-12(5-7-14)20-10-8-15/h4-7,13H,2-3,8-11H2,1H3. The molecule has 1 fully saturated rings. The van der Waals surface area contributed by atoms with Crippen LogP contribution < -0.4 is 4.74 Å². The number of hydrogen-bond acceptors (Lipinski definition) is 4. The maximum Gasteiger partial charge on any atom is 0.242 e. The van der Waals surface area contributed by atoms with Crippen molar-refractivity contribution in [1.82, 2.24) is 4.31 Å². The van der Waals surface area contributed by atoms with Gasteiger partial charge in [0.2, 0.25) is 10.0 Å². The second-order valence-electron chi connectivity index (χ2n) is 4.93. The molecule has 7 heteroatoms. The third-order valence-corrected chi connectivity index (χ3v) is 5.35. The molecule has 0 N–H and O–H groups in total. The molecule has 0 amide bonds. The maximum atomic E-state index is 12.5. The first kappa shape index (κ1) is 16.5. The Hall–Kier alpha value is -0.820. The highest BCUT2D eigenvalue weighted by Gasteiger charge is 2.25. The average Bonchev–Trinajstić information content (AvgIpc) is 2.98. The highest BCUT2D eigenvalue weighted by atomic mass is 35.5. The molecule has 21 heavy (non-hydrogen) atoms. The fraction of sp³-hybridized carbons (Fsp3) is 0.571. The zero-order valence-corrected chi connectivity index (χ0v) is 13.6. The van der Waals surface area contributed by atoms with Crippen LogP contribution >= 0.6 is 11.6 Å². The molecular weight excluding hydrogens is 314 g/mol. The molecule has 1 aromatic rings. The molecule has 5 nitrogen and oxygen atoms in total. The average molecular weight is 334 g/mol. The van der Waals surface area contributed by atoms with Gasteiger partial charge in [0.05, 0.1) is 16.9 Å². The number of alkyl halides is 1. The zero-order chi connectivity index (χ0) is 15.3. The van der Waals surface area contributed by atoms with Gasteiger partial charge in [-0.25, -0.2) is 8.42 Å². The number of halogens is 1. The molecule has 1 atom stereocenters. The third kappa shape index (κ3) is 4.32. The van der Waals surface area contributed by atoms with Gasteiger partial charge < -0.3 is 9.47 Å². The van der Waals surface area contributed by atoms with Gasteiger partial charge in [-0.2, -0.15) is 4.31 Å². The third-order valence-electron chi connectivity index (χ3n) is 3.36. The topological polar surface area (TPSA) is 55.8 Å². The summed E-state index contributed by atoms with van der Waals surface area (Å²) >= 11 is 5.54. The van der Waals surface area contributed by atoms with Crippen LogP contribution in [0.3, 0.4) is 0 Å². The van der Waals surface area contributed by atoms with Crippen LogP contribution in [-0.4, -0.2) is 51.5 Å². The Balaban J connectivity index is 2.03. The second kappa shape index (κ2) is 7.45. The van der Waals surface area contributed by atoms with Crippen LogP contribution in [0.1, 0.15) is 12.8 Å². The van der Waals surface area contributed by atoms with Crippen molar-refractivity contribution < 1.29 is 17.9 Å². The van der Waals surface area contributed by atoms with E-state index in [2.05, 4.69) is 0 Å². The number of rotatable bonds is 7. The molecule has 118 valence electrons. The predicted octanol–water partition coefficient (Wildman–Crippen LogP) is 2.10. The van der Waals surface area contributed by atoms with Gasteiger partial charge in [-0.1, -0.05) is 0 Å².